The molecule has 1 fully saturated rings. The van der Waals surface area contributed by atoms with Crippen LogP contribution in [0, 0.1) is 11.8 Å². The van der Waals surface area contributed by atoms with Crippen molar-refractivity contribution >= 4 is 21.9 Å². The Hall–Kier alpha value is -0.870. The number of carboxylic acid groups (broad SMARTS) is 1. The van der Waals surface area contributed by atoms with Crippen LogP contribution in [-0.4, -0.2) is 29.1 Å². The van der Waals surface area contributed by atoms with Gasteiger partial charge in [0.1, 0.15) is 0 Å². The van der Waals surface area contributed by atoms with Gasteiger partial charge >= 0.3 is 5.97 Å². The molecule has 1 aliphatic heterocycles. The van der Waals surface area contributed by atoms with Crippen LogP contribution in [-0.2, 0) is 11.3 Å². The number of carboxylic acids is 1. The van der Waals surface area contributed by atoms with E-state index < -0.39 is 5.97 Å². The number of hydrogen-bond donors (Lipinski definition) is 1. The van der Waals surface area contributed by atoms with E-state index in [0.29, 0.717) is 6.54 Å². The fraction of sp³-hybridized carbons (Fsp3) is 0.462. The van der Waals surface area contributed by atoms with Crippen LogP contribution in [0.5, 0.6) is 0 Å². The maximum Gasteiger partial charge on any atom is 0.308 e. The highest BCUT2D eigenvalue weighted by Crippen LogP contribution is 2.26. The number of hydrogen-bond acceptors (Lipinski definition) is 2. The van der Waals surface area contributed by atoms with Crippen LogP contribution in [0.1, 0.15) is 12.5 Å². The van der Waals surface area contributed by atoms with Crippen LogP contribution < -0.4 is 0 Å². The normalized spacial score (nSPS) is 25.1. The highest BCUT2D eigenvalue weighted by molar-refractivity contribution is 9.10. The van der Waals surface area contributed by atoms with Gasteiger partial charge in [0, 0.05) is 24.1 Å². The van der Waals surface area contributed by atoms with Gasteiger partial charge < -0.3 is 5.11 Å². The Balaban J connectivity index is 2.03. The number of rotatable bonds is 3. The van der Waals surface area contributed by atoms with Gasteiger partial charge in [-0.25, -0.2) is 0 Å². The highest BCUT2D eigenvalue weighted by Gasteiger charge is 2.34. The molecule has 2 rings (SSSR count). The topological polar surface area (TPSA) is 40.5 Å². The molecule has 0 amide bonds. The summed E-state index contributed by atoms with van der Waals surface area (Å²) in [6.07, 6.45) is 0. The molecular weight excluding hydrogens is 282 g/mol. The second-order valence-electron chi connectivity index (χ2n) is 4.71. The van der Waals surface area contributed by atoms with E-state index >= 15 is 0 Å². The molecule has 3 nitrogen and oxygen atoms in total. The zero-order valence-electron chi connectivity index (χ0n) is 9.77. The highest BCUT2D eigenvalue weighted by atomic mass is 79.9. The summed E-state index contributed by atoms with van der Waals surface area (Å²) in [7, 11) is 0. The van der Waals surface area contributed by atoms with E-state index in [1.807, 2.05) is 25.1 Å². The molecule has 1 N–H and O–H groups in total. The molecule has 17 heavy (non-hydrogen) atoms. The van der Waals surface area contributed by atoms with Gasteiger partial charge in [0.25, 0.3) is 0 Å². The summed E-state index contributed by atoms with van der Waals surface area (Å²) < 4.78 is 1.09. The number of aliphatic carboxylic acids is 1. The van der Waals surface area contributed by atoms with E-state index in [-0.39, 0.29) is 11.8 Å². The summed E-state index contributed by atoms with van der Waals surface area (Å²) in [6.45, 7) is 4.34. The van der Waals surface area contributed by atoms with Crippen LogP contribution >= 0.6 is 15.9 Å². The number of halogens is 1. The first-order valence-electron chi connectivity index (χ1n) is 5.76. The van der Waals surface area contributed by atoms with E-state index in [1.165, 1.54) is 5.56 Å². The molecule has 92 valence electrons. The monoisotopic (exact) mass is 297 g/mol. The maximum absolute atomic E-state index is 11.0. The maximum atomic E-state index is 11.0. The zero-order chi connectivity index (χ0) is 12.4. The van der Waals surface area contributed by atoms with Crippen molar-refractivity contribution in [3.8, 4) is 0 Å². The molecule has 0 saturated carbocycles. The lowest BCUT2D eigenvalue weighted by Crippen LogP contribution is -2.23. The molecule has 0 unspecified atom stereocenters. The molecule has 1 aliphatic rings. The summed E-state index contributed by atoms with van der Waals surface area (Å²) in [5, 5.41) is 9.09. The lowest BCUT2D eigenvalue weighted by Gasteiger charge is -2.16. The predicted molar refractivity (Wildman–Crippen MR) is 69.7 cm³/mol. The van der Waals surface area contributed by atoms with Gasteiger partial charge in [0.2, 0.25) is 0 Å². The van der Waals surface area contributed by atoms with E-state index in [1.54, 1.807) is 0 Å². The average molecular weight is 298 g/mol. The van der Waals surface area contributed by atoms with Crippen molar-refractivity contribution in [3.63, 3.8) is 0 Å². The third-order valence-corrected chi connectivity index (χ3v) is 4.13. The molecule has 4 heteroatoms. The minimum absolute atomic E-state index is 0.225. The van der Waals surface area contributed by atoms with Crippen molar-refractivity contribution in [3.05, 3.63) is 34.3 Å². The smallest absolute Gasteiger partial charge is 0.308 e. The van der Waals surface area contributed by atoms with Crippen molar-refractivity contribution < 1.29 is 9.90 Å². The van der Waals surface area contributed by atoms with Gasteiger partial charge in [-0.2, -0.15) is 0 Å². The van der Waals surface area contributed by atoms with Crippen molar-refractivity contribution in [2.45, 2.75) is 13.5 Å². The first-order valence-corrected chi connectivity index (χ1v) is 6.56. The molecule has 0 aliphatic carbocycles. The van der Waals surface area contributed by atoms with E-state index in [2.05, 4.69) is 26.9 Å². The number of carbonyl (C=O) groups is 1. The Morgan fingerprint density at radius 2 is 2.18 bits per heavy atom. The molecule has 0 bridgehead atoms. The second-order valence-corrected chi connectivity index (χ2v) is 5.56. The van der Waals surface area contributed by atoms with Crippen LogP contribution in [0.25, 0.3) is 0 Å². The summed E-state index contributed by atoms with van der Waals surface area (Å²) in [4.78, 5) is 13.3. The minimum Gasteiger partial charge on any atom is -0.481 e. The van der Waals surface area contributed by atoms with Crippen LogP contribution in [0.2, 0.25) is 0 Å². The SMILES string of the molecule is C[C@@H]1CN(Cc2ccccc2Br)C[C@H]1C(=O)O. The van der Waals surface area contributed by atoms with Crippen LogP contribution in [0.15, 0.2) is 28.7 Å². The van der Waals surface area contributed by atoms with Gasteiger partial charge in [-0.15, -0.1) is 0 Å². The minimum atomic E-state index is -0.674. The average Bonchev–Trinajstić information content (AvgIpc) is 2.63. The van der Waals surface area contributed by atoms with E-state index in [4.69, 9.17) is 5.11 Å². The lowest BCUT2D eigenvalue weighted by atomic mass is 9.99. The fourth-order valence-corrected chi connectivity index (χ4v) is 2.80. The van der Waals surface area contributed by atoms with Crippen molar-refractivity contribution in [2.24, 2.45) is 11.8 Å². The molecule has 0 spiro atoms. The van der Waals surface area contributed by atoms with Gasteiger partial charge in [-0.3, -0.25) is 9.69 Å². The predicted octanol–water partition coefficient (Wildman–Crippen LogP) is 2.60. The lowest BCUT2D eigenvalue weighted by molar-refractivity contribution is -0.142. The molecule has 1 aromatic carbocycles. The third kappa shape index (κ3) is 2.87. The number of likely N-dealkylation sites (tertiary alicyclic amines) is 1. The second kappa shape index (κ2) is 5.19. The van der Waals surface area contributed by atoms with E-state index in [0.717, 1.165) is 17.6 Å². The first-order chi connectivity index (χ1) is 8.08. The molecular formula is C13H16BrNO2. The van der Waals surface area contributed by atoms with Crippen molar-refractivity contribution in [2.75, 3.05) is 13.1 Å². The summed E-state index contributed by atoms with van der Waals surface area (Å²) in [5.74, 6) is -0.667. The Labute approximate surface area is 110 Å². The summed E-state index contributed by atoms with van der Waals surface area (Å²) in [6, 6.07) is 8.08. The van der Waals surface area contributed by atoms with Gasteiger partial charge in [0.05, 0.1) is 5.92 Å². The molecule has 1 heterocycles. The Kier molecular flexibility index (Phi) is 3.84. The molecule has 1 saturated heterocycles. The number of benzene rings is 1. The largest absolute Gasteiger partial charge is 0.481 e. The first kappa shape index (κ1) is 12.6. The van der Waals surface area contributed by atoms with Gasteiger partial charge in [0.15, 0.2) is 0 Å². The molecule has 2 atom stereocenters. The summed E-state index contributed by atoms with van der Waals surface area (Å²) >= 11 is 3.52. The standard InChI is InChI=1S/C13H16BrNO2/c1-9-6-15(8-11(9)13(16)17)7-10-4-2-3-5-12(10)14/h2-5,9,11H,6-8H2,1H3,(H,16,17)/t9-,11-/m1/s1. The fourth-order valence-electron chi connectivity index (χ4n) is 2.39. The Bertz CT molecular complexity index is 422. The Morgan fingerprint density at radius 1 is 1.47 bits per heavy atom. The van der Waals surface area contributed by atoms with Gasteiger partial charge in [-0.05, 0) is 17.5 Å². The van der Waals surface area contributed by atoms with Crippen LogP contribution in [0.4, 0.5) is 0 Å². The summed E-state index contributed by atoms with van der Waals surface area (Å²) in [5.41, 5.74) is 1.21. The molecule has 0 radical (unpaired) electrons. The van der Waals surface area contributed by atoms with E-state index in [9.17, 15) is 4.79 Å². The van der Waals surface area contributed by atoms with Crippen LogP contribution in [0.3, 0.4) is 0 Å². The Morgan fingerprint density at radius 3 is 2.76 bits per heavy atom. The quantitative estimate of drug-likeness (QED) is 0.932. The van der Waals surface area contributed by atoms with Crippen molar-refractivity contribution in [1.29, 1.82) is 0 Å². The van der Waals surface area contributed by atoms with Gasteiger partial charge in [-0.1, -0.05) is 41.1 Å². The number of nitrogens with zero attached hydrogens (tertiary/aromatic N) is 1. The zero-order valence-corrected chi connectivity index (χ0v) is 11.4. The molecule has 1 aromatic rings. The van der Waals surface area contributed by atoms with Crippen molar-refractivity contribution in [1.82, 2.24) is 4.90 Å². The molecule has 0 aromatic heterocycles. The third-order valence-electron chi connectivity index (χ3n) is 3.36.